The molecule has 1 N–H and O–H groups in total. The van der Waals surface area contributed by atoms with E-state index in [1.165, 1.54) is 32.6 Å². The standard InChI is InChI=1S/C27H36N2O4/c1-4-5-17-29-24-15-11-9-7-6-8-10-13-21(24)18-22(27(29)32)26(31)28-23-14-12-16-25(19(23)2)33-20(3)30/h12,14,16,18H,4-11,13,15,17H2,1-3H3,(H,28,31). The van der Waals surface area contributed by atoms with E-state index in [1.54, 1.807) is 25.1 Å². The van der Waals surface area contributed by atoms with Crippen LogP contribution in [0.25, 0.3) is 0 Å². The van der Waals surface area contributed by atoms with Crippen LogP contribution in [-0.4, -0.2) is 16.4 Å². The zero-order valence-electron chi connectivity index (χ0n) is 20.2. The Hall–Kier alpha value is -2.89. The van der Waals surface area contributed by atoms with E-state index in [0.717, 1.165) is 49.8 Å². The monoisotopic (exact) mass is 452 g/mol. The summed E-state index contributed by atoms with van der Waals surface area (Å²) in [7, 11) is 0. The first-order valence-electron chi connectivity index (χ1n) is 12.3. The van der Waals surface area contributed by atoms with Crippen LogP contribution in [0.2, 0.25) is 0 Å². The van der Waals surface area contributed by atoms with Crippen molar-refractivity contribution in [3.63, 3.8) is 0 Å². The fraction of sp³-hybridized carbons (Fsp3) is 0.519. The zero-order chi connectivity index (χ0) is 23.8. The number of fused-ring (bicyclic) bond motifs is 1. The van der Waals surface area contributed by atoms with Gasteiger partial charge in [-0.15, -0.1) is 0 Å². The van der Waals surface area contributed by atoms with Crippen molar-refractivity contribution in [1.82, 2.24) is 4.57 Å². The number of nitrogens with zero attached hydrogens (tertiary/aromatic N) is 1. The molecule has 0 bridgehead atoms. The van der Waals surface area contributed by atoms with Crippen LogP contribution >= 0.6 is 0 Å². The summed E-state index contributed by atoms with van der Waals surface area (Å²) in [5.74, 6) is -0.451. The van der Waals surface area contributed by atoms with Crippen LogP contribution in [0.1, 0.15) is 92.4 Å². The summed E-state index contributed by atoms with van der Waals surface area (Å²) in [6, 6.07) is 6.97. The number of anilines is 1. The van der Waals surface area contributed by atoms with E-state index < -0.39 is 11.9 Å². The average Bonchev–Trinajstić information content (AvgIpc) is 2.78. The summed E-state index contributed by atoms with van der Waals surface area (Å²) < 4.78 is 7.08. The van der Waals surface area contributed by atoms with E-state index in [4.69, 9.17) is 4.74 Å². The van der Waals surface area contributed by atoms with Crippen molar-refractivity contribution in [2.24, 2.45) is 0 Å². The van der Waals surface area contributed by atoms with E-state index >= 15 is 0 Å². The molecule has 178 valence electrons. The van der Waals surface area contributed by atoms with Gasteiger partial charge in [-0.3, -0.25) is 14.4 Å². The van der Waals surface area contributed by atoms with Gasteiger partial charge in [0.25, 0.3) is 11.5 Å². The minimum Gasteiger partial charge on any atom is -0.426 e. The number of pyridine rings is 1. The summed E-state index contributed by atoms with van der Waals surface area (Å²) in [6.45, 7) is 5.87. The molecule has 1 heterocycles. The summed E-state index contributed by atoms with van der Waals surface area (Å²) in [4.78, 5) is 38.1. The van der Waals surface area contributed by atoms with Gasteiger partial charge < -0.3 is 14.6 Å². The van der Waals surface area contributed by atoms with Crippen LogP contribution in [0, 0.1) is 6.92 Å². The summed E-state index contributed by atoms with van der Waals surface area (Å²) in [5.41, 5.74) is 3.37. The van der Waals surface area contributed by atoms with Crippen LogP contribution in [0.15, 0.2) is 29.1 Å². The Morgan fingerprint density at radius 3 is 2.45 bits per heavy atom. The molecular weight excluding hydrogens is 416 g/mol. The molecular formula is C27H36N2O4. The van der Waals surface area contributed by atoms with Crippen molar-refractivity contribution in [2.75, 3.05) is 5.32 Å². The first-order chi connectivity index (χ1) is 15.9. The molecule has 0 atom stereocenters. The fourth-order valence-electron chi connectivity index (χ4n) is 4.51. The number of aryl methyl sites for hydroxylation is 1. The highest BCUT2D eigenvalue weighted by atomic mass is 16.5. The lowest BCUT2D eigenvalue weighted by molar-refractivity contribution is -0.131. The molecule has 6 nitrogen and oxygen atoms in total. The SMILES string of the molecule is CCCCn1c2c(cc(C(=O)Nc3cccc(OC(C)=O)c3C)c1=O)CCCCCCCC2. The molecule has 1 amide bonds. The molecule has 1 aliphatic rings. The third-order valence-corrected chi connectivity index (χ3v) is 6.37. The van der Waals surface area contributed by atoms with E-state index in [0.29, 0.717) is 23.5 Å². The predicted molar refractivity (Wildman–Crippen MR) is 131 cm³/mol. The van der Waals surface area contributed by atoms with E-state index in [1.807, 2.05) is 10.6 Å². The molecule has 1 aromatic heterocycles. The van der Waals surface area contributed by atoms with Crippen LogP contribution in [0.4, 0.5) is 5.69 Å². The number of carbonyl (C=O) groups excluding carboxylic acids is 2. The first-order valence-corrected chi connectivity index (χ1v) is 12.3. The molecule has 1 aromatic carbocycles. The van der Waals surface area contributed by atoms with Crippen molar-refractivity contribution < 1.29 is 14.3 Å². The third-order valence-electron chi connectivity index (χ3n) is 6.37. The van der Waals surface area contributed by atoms with Gasteiger partial charge in [0.15, 0.2) is 0 Å². The van der Waals surface area contributed by atoms with Gasteiger partial charge in [-0.25, -0.2) is 0 Å². The number of hydrogen-bond acceptors (Lipinski definition) is 4. The van der Waals surface area contributed by atoms with Gasteiger partial charge in [0.05, 0.1) is 0 Å². The third kappa shape index (κ3) is 6.34. The van der Waals surface area contributed by atoms with Crippen molar-refractivity contribution in [3.05, 3.63) is 57.0 Å². The largest absolute Gasteiger partial charge is 0.426 e. The molecule has 0 aliphatic heterocycles. The average molecular weight is 453 g/mol. The second-order valence-corrected chi connectivity index (χ2v) is 8.94. The van der Waals surface area contributed by atoms with E-state index in [-0.39, 0.29) is 11.1 Å². The number of rotatable bonds is 6. The molecule has 0 unspecified atom stereocenters. The van der Waals surface area contributed by atoms with E-state index in [2.05, 4.69) is 12.2 Å². The highest BCUT2D eigenvalue weighted by molar-refractivity contribution is 6.04. The van der Waals surface area contributed by atoms with Crippen molar-refractivity contribution in [3.8, 4) is 5.75 Å². The number of ether oxygens (including phenoxy) is 1. The Morgan fingerprint density at radius 2 is 1.76 bits per heavy atom. The van der Waals surface area contributed by atoms with Gasteiger partial charge in [0, 0.05) is 30.4 Å². The van der Waals surface area contributed by atoms with Crippen molar-refractivity contribution in [1.29, 1.82) is 0 Å². The topological polar surface area (TPSA) is 77.4 Å². The lowest BCUT2D eigenvalue weighted by atomic mass is 9.96. The Balaban J connectivity index is 1.99. The second-order valence-electron chi connectivity index (χ2n) is 8.94. The van der Waals surface area contributed by atoms with Gasteiger partial charge in [0.1, 0.15) is 11.3 Å². The molecule has 33 heavy (non-hydrogen) atoms. The van der Waals surface area contributed by atoms with Crippen molar-refractivity contribution in [2.45, 2.75) is 91.5 Å². The fourth-order valence-corrected chi connectivity index (χ4v) is 4.51. The number of aromatic nitrogens is 1. The number of benzene rings is 1. The molecule has 1 aliphatic carbocycles. The molecule has 0 spiro atoms. The van der Waals surface area contributed by atoms with Gasteiger partial charge in [-0.2, -0.15) is 0 Å². The lowest BCUT2D eigenvalue weighted by Gasteiger charge is -2.20. The highest BCUT2D eigenvalue weighted by Crippen LogP contribution is 2.26. The Morgan fingerprint density at radius 1 is 1.06 bits per heavy atom. The molecule has 2 aromatic rings. The number of esters is 1. The minimum atomic E-state index is -0.423. The summed E-state index contributed by atoms with van der Waals surface area (Å²) in [6.07, 6.45) is 10.7. The maximum absolute atomic E-state index is 13.5. The predicted octanol–water partition coefficient (Wildman–Crippen LogP) is 5.57. The number of carbonyl (C=O) groups is 2. The normalized spacial score (nSPS) is 14.3. The molecule has 0 fully saturated rings. The van der Waals surface area contributed by atoms with Crippen LogP contribution in [-0.2, 0) is 24.2 Å². The zero-order valence-corrected chi connectivity index (χ0v) is 20.2. The highest BCUT2D eigenvalue weighted by Gasteiger charge is 2.20. The smallest absolute Gasteiger partial charge is 0.308 e. The van der Waals surface area contributed by atoms with Gasteiger partial charge in [-0.05, 0) is 62.8 Å². The maximum Gasteiger partial charge on any atom is 0.308 e. The quantitative estimate of drug-likeness (QED) is 0.459. The number of hydrogen-bond donors (Lipinski definition) is 1. The molecule has 0 saturated heterocycles. The summed E-state index contributed by atoms with van der Waals surface area (Å²) >= 11 is 0. The summed E-state index contributed by atoms with van der Waals surface area (Å²) in [5, 5.41) is 2.88. The van der Waals surface area contributed by atoms with Crippen LogP contribution in [0.5, 0.6) is 5.75 Å². The molecule has 6 heteroatoms. The Bertz CT molecular complexity index is 1050. The van der Waals surface area contributed by atoms with Crippen molar-refractivity contribution >= 4 is 17.6 Å². The maximum atomic E-state index is 13.5. The van der Waals surface area contributed by atoms with E-state index in [9.17, 15) is 14.4 Å². The lowest BCUT2D eigenvalue weighted by Crippen LogP contribution is -2.33. The second kappa shape index (κ2) is 11.8. The van der Waals surface area contributed by atoms with Crippen LogP contribution < -0.4 is 15.6 Å². The van der Waals surface area contributed by atoms with Gasteiger partial charge in [0.2, 0.25) is 0 Å². The van der Waals surface area contributed by atoms with Crippen LogP contribution in [0.3, 0.4) is 0 Å². The number of amides is 1. The Labute approximate surface area is 196 Å². The molecule has 3 rings (SSSR count). The first kappa shape index (κ1) is 24.7. The molecule has 0 radical (unpaired) electrons. The number of unbranched alkanes of at least 4 members (excludes halogenated alkanes) is 1. The number of nitrogens with one attached hydrogen (secondary N) is 1. The van der Waals surface area contributed by atoms with Gasteiger partial charge >= 0.3 is 5.97 Å². The minimum absolute atomic E-state index is 0.180. The molecule has 0 saturated carbocycles. The van der Waals surface area contributed by atoms with Gasteiger partial charge in [-0.1, -0.05) is 45.1 Å². The Kier molecular flexibility index (Phi) is 8.87.